The first-order valence-corrected chi connectivity index (χ1v) is 8.20. The van der Waals surface area contributed by atoms with Crippen LogP contribution < -0.4 is 9.47 Å². The van der Waals surface area contributed by atoms with Crippen molar-refractivity contribution in [3.05, 3.63) is 39.0 Å². The Morgan fingerprint density at radius 2 is 2.08 bits per heavy atom. The molecule has 0 aliphatic rings. The summed E-state index contributed by atoms with van der Waals surface area (Å²) in [5.41, 5.74) is -0.265. The van der Waals surface area contributed by atoms with E-state index in [9.17, 15) is 10.1 Å². The first kappa shape index (κ1) is 17.8. The molecule has 24 heavy (non-hydrogen) atoms. The fourth-order valence-corrected chi connectivity index (χ4v) is 2.40. The number of nitro groups is 1. The highest BCUT2D eigenvalue weighted by atomic mass is 35.5. The van der Waals surface area contributed by atoms with Crippen molar-refractivity contribution in [3.63, 3.8) is 0 Å². The summed E-state index contributed by atoms with van der Waals surface area (Å²) < 4.78 is 10.8. The minimum absolute atomic E-state index is 0.169. The summed E-state index contributed by atoms with van der Waals surface area (Å²) in [5.74, 6) is 0.267. The molecular formula is C14H11ClN4O4S. The van der Waals surface area contributed by atoms with Crippen LogP contribution >= 0.6 is 23.4 Å². The van der Waals surface area contributed by atoms with Gasteiger partial charge in [-0.15, -0.1) is 0 Å². The molecule has 10 heteroatoms. The van der Waals surface area contributed by atoms with Crippen LogP contribution in [-0.2, 0) is 0 Å². The number of nitriles is 1. The number of hydrogen-bond donors (Lipinski definition) is 0. The Kier molecular flexibility index (Phi) is 5.78. The van der Waals surface area contributed by atoms with E-state index < -0.39 is 10.6 Å². The van der Waals surface area contributed by atoms with Crippen LogP contribution in [0.2, 0.25) is 5.15 Å². The van der Waals surface area contributed by atoms with Gasteiger partial charge < -0.3 is 9.47 Å². The number of halogens is 1. The lowest BCUT2D eigenvalue weighted by atomic mass is 10.2. The van der Waals surface area contributed by atoms with Gasteiger partial charge in [-0.3, -0.25) is 10.1 Å². The van der Waals surface area contributed by atoms with Gasteiger partial charge in [-0.05, 0) is 25.3 Å². The highest BCUT2D eigenvalue weighted by Gasteiger charge is 2.26. The molecule has 0 saturated heterocycles. The number of rotatable bonds is 6. The lowest BCUT2D eigenvalue weighted by molar-refractivity contribution is -0.386. The molecule has 0 amide bonds. The minimum Gasteiger partial charge on any atom is -0.494 e. The quantitative estimate of drug-likeness (QED) is 0.249. The van der Waals surface area contributed by atoms with Gasteiger partial charge in [-0.25, -0.2) is 4.98 Å². The van der Waals surface area contributed by atoms with E-state index in [1.165, 1.54) is 18.2 Å². The molecule has 0 spiro atoms. The normalized spacial score (nSPS) is 10.1. The molecule has 124 valence electrons. The van der Waals surface area contributed by atoms with Gasteiger partial charge in [0.2, 0.25) is 5.15 Å². The molecule has 8 nitrogen and oxygen atoms in total. The average molecular weight is 367 g/mol. The van der Waals surface area contributed by atoms with Crippen LogP contribution in [0.25, 0.3) is 0 Å². The van der Waals surface area contributed by atoms with Gasteiger partial charge in [-0.1, -0.05) is 23.4 Å². The number of nitrogens with zero attached hydrogens (tertiary/aromatic N) is 4. The number of hydrogen-bond acceptors (Lipinski definition) is 8. The highest BCUT2D eigenvalue weighted by Crippen LogP contribution is 2.37. The molecule has 0 aliphatic heterocycles. The number of aromatic nitrogens is 2. The van der Waals surface area contributed by atoms with Crippen LogP contribution in [0.15, 0.2) is 23.4 Å². The highest BCUT2D eigenvalue weighted by molar-refractivity contribution is 7.98. The molecule has 0 fully saturated rings. The van der Waals surface area contributed by atoms with E-state index in [1.54, 1.807) is 13.2 Å². The van der Waals surface area contributed by atoms with E-state index in [4.69, 9.17) is 26.3 Å². The van der Waals surface area contributed by atoms with Gasteiger partial charge in [0.25, 0.3) is 0 Å². The molecule has 0 saturated carbocycles. The van der Waals surface area contributed by atoms with Crippen molar-refractivity contribution >= 4 is 29.1 Å². The SMILES string of the molecule is CCOc1cc(C#N)cc(Oc2nc(SC)nc(Cl)c2[N+](=O)[O-])c1. The summed E-state index contributed by atoms with van der Waals surface area (Å²) in [5, 5.41) is 20.2. The third-order valence-corrected chi connectivity index (χ3v) is 3.50. The monoisotopic (exact) mass is 366 g/mol. The fourth-order valence-electron chi connectivity index (χ4n) is 1.76. The summed E-state index contributed by atoms with van der Waals surface area (Å²) in [4.78, 5) is 18.3. The van der Waals surface area contributed by atoms with E-state index in [1.807, 2.05) is 6.07 Å². The molecule has 1 aromatic carbocycles. The maximum atomic E-state index is 11.2. The standard InChI is InChI=1S/C14H11ClN4O4S/c1-3-22-9-4-8(7-16)5-10(6-9)23-13-11(19(20)21)12(15)17-14(18-13)24-2/h4-6H,3H2,1-2H3. The van der Waals surface area contributed by atoms with Gasteiger partial charge >= 0.3 is 11.6 Å². The average Bonchev–Trinajstić information content (AvgIpc) is 2.53. The van der Waals surface area contributed by atoms with Gasteiger partial charge in [0.05, 0.1) is 23.2 Å². The molecule has 0 atom stereocenters. The summed E-state index contributed by atoms with van der Waals surface area (Å²) in [6, 6.07) is 6.42. The first-order chi connectivity index (χ1) is 11.5. The largest absolute Gasteiger partial charge is 0.494 e. The Balaban J connectivity index is 2.51. The van der Waals surface area contributed by atoms with E-state index in [-0.39, 0.29) is 27.5 Å². The molecule has 1 heterocycles. The molecule has 0 bridgehead atoms. The second kappa shape index (κ2) is 7.81. The smallest absolute Gasteiger partial charge is 0.368 e. The number of benzene rings is 1. The summed E-state index contributed by atoms with van der Waals surface area (Å²) in [7, 11) is 0. The molecule has 2 aromatic rings. The van der Waals surface area contributed by atoms with E-state index in [0.29, 0.717) is 12.4 Å². The van der Waals surface area contributed by atoms with Gasteiger partial charge in [-0.2, -0.15) is 10.2 Å². The van der Waals surface area contributed by atoms with E-state index in [2.05, 4.69) is 9.97 Å². The van der Waals surface area contributed by atoms with Crippen LogP contribution in [0.3, 0.4) is 0 Å². The number of thioether (sulfide) groups is 1. The van der Waals surface area contributed by atoms with E-state index >= 15 is 0 Å². The lowest BCUT2D eigenvalue weighted by Gasteiger charge is -2.09. The van der Waals surface area contributed by atoms with Crippen LogP contribution in [-0.4, -0.2) is 27.8 Å². The van der Waals surface area contributed by atoms with Crippen molar-refractivity contribution < 1.29 is 14.4 Å². The Morgan fingerprint density at radius 3 is 2.67 bits per heavy atom. The molecule has 0 aliphatic carbocycles. The Labute approximate surface area is 146 Å². The van der Waals surface area contributed by atoms with Crippen molar-refractivity contribution in [2.75, 3.05) is 12.9 Å². The third kappa shape index (κ3) is 4.04. The second-order valence-electron chi connectivity index (χ2n) is 4.25. The molecule has 0 radical (unpaired) electrons. The fraction of sp³-hybridized carbons (Fsp3) is 0.214. The minimum atomic E-state index is -0.723. The predicted molar refractivity (Wildman–Crippen MR) is 87.9 cm³/mol. The summed E-state index contributed by atoms with van der Waals surface area (Å²) in [6.45, 7) is 2.18. The van der Waals surface area contributed by atoms with Crippen molar-refractivity contribution in [2.24, 2.45) is 0 Å². The molecule has 2 rings (SSSR count). The number of ether oxygens (including phenoxy) is 2. The van der Waals surface area contributed by atoms with Crippen molar-refractivity contribution in [2.45, 2.75) is 12.1 Å². The Bertz CT molecular complexity index is 825. The molecular weight excluding hydrogens is 356 g/mol. The lowest BCUT2D eigenvalue weighted by Crippen LogP contribution is -2.01. The third-order valence-electron chi connectivity index (χ3n) is 2.69. The van der Waals surface area contributed by atoms with Crippen molar-refractivity contribution in [3.8, 4) is 23.4 Å². The second-order valence-corrected chi connectivity index (χ2v) is 5.38. The maximum absolute atomic E-state index is 11.2. The summed E-state index contributed by atoms with van der Waals surface area (Å²) in [6.07, 6.45) is 1.70. The zero-order valence-corrected chi connectivity index (χ0v) is 14.2. The topological polar surface area (TPSA) is 111 Å². The van der Waals surface area contributed by atoms with Crippen LogP contribution in [0.1, 0.15) is 12.5 Å². The first-order valence-electron chi connectivity index (χ1n) is 6.60. The van der Waals surface area contributed by atoms with Gasteiger partial charge in [0.15, 0.2) is 5.16 Å². The van der Waals surface area contributed by atoms with Gasteiger partial charge in [0, 0.05) is 6.07 Å². The zero-order valence-electron chi connectivity index (χ0n) is 12.6. The Morgan fingerprint density at radius 1 is 1.38 bits per heavy atom. The predicted octanol–water partition coefficient (Wildman–Crippen LogP) is 3.82. The Hall–Kier alpha value is -2.57. The zero-order chi connectivity index (χ0) is 17.7. The summed E-state index contributed by atoms with van der Waals surface area (Å²) >= 11 is 7.01. The molecule has 1 aromatic heterocycles. The van der Waals surface area contributed by atoms with Crippen LogP contribution in [0.5, 0.6) is 17.4 Å². The van der Waals surface area contributed by atoms with Crippen LogP contribution in [0.4, 0.5) is 5.69 Å². The van der Waals surface area contributed by atoms with Crippen molar-refractivity contribution in [1.82, 2.24) is 9.97 Å². The molecule has 0 unspecified atom stereocenters. The maximum Gasteiger partial charge on any atom is 0.368 e. The van der Waals surface area contributed by atoms with E-state index in [0.717, 1.165) is 11.8 Å². The van der Waals surface area contributed by atoms with Gasteiger partial charge in [0.1, 0.15) is 11.5 Å². The molecule has 0 N–H and O–H groups in total. The van der Waals surface area contributed by atoms with Crippen molar-refractivity contribution in [1.29, 1.82) is 5.26 Å². The van der Waals surface area contributed by atoms with Crippen LogP contribution in [0, 0.1) is 21.4 Å².